The number of hydrogen-bond acceptors (Lipinski definition) is 3. The third-order valence-electron chi connectivity index (χ3n) is 2.71. The minimum atomic E-state index is -0.214. The standard InChI is InChI=1S/C14H14N2O2/c1-10-12(6-4-7-13(10)17)14(18)16-9-11-5-2-3-8-15-11/h2-8,17H,9H2,1H3,(H,16,18). The van der Waals surface area contributed by atoms with Crippen LogP contribution in [0.2, 0.25) is 0 Å². The van der Waals surface area contributed by atoms with Crippen LogP contribution in [0.25, 0.3) is 0 Å². The van der Waals surface area contributed by atoms with Crippen molar-refractivity contribution in [1.82, 2.24) is 10.3 Å². The zero-order valence-corrected chi connectivity index (χ0v) is 10.1. The van der Waals surface area contributed by atoms with E-state index in [1.54, 1.807) is 31.3 Å². The van der Waals surface area contributed by atoms with Crippen molar-refractivity contribution < 1.29 is 9.90 Å². The molecule has 0 aliphatic heterocycles. The number of rotatable bonds is 3. The average Bonchev–Trinajstić information content (AvgIpc) is 2.40. The van der Waals surface area contributed by atoms with E-state index < -0.39 is 0 Å². The van der Waals surface area contributed by atoms with Gasteiger partial charge in [-0.05, 0) is 31.2 Å². The molecule has 0 bridgehead atoms. The van der Waals surface area contributed by atoms with Crippen LogP contribution in [-0.2, 0) is 6.54 Å². The molecular formula is C14H14N2O2. The first kappa shape index (κ1) is 12.1. The third-order valence-corrected chi connectivity index (χ3v) is 2.71. The molecule has 0 unspecified atom stereocenters. The summed E-state index contributed by atoms with van der Waals surface area (Å²) in [4.78, 5) is 16.1. The first-order valence-corrected chi connectivity index (χ1v) is 5.65. The maximum absolute atomic E-state index is 11.9. The zero-order valence-electron chi connectivity index (χ0n) is 10.1. The molecule has 1 aromatic heterocycles. The summed E-state index contributed by atoms with van der Waals surface area (Å²) in [6, 6.07) is 10.4. The second-order valence-corrected chi connectivity index (χ2v) is 3.95. The number of aromatic hydroxyl groups is 1. The molecule has 0 fully saturated rings. The quantitative estimate of drug-likeness (QED) is 0.865. The molecule has 0 spiro atoms. The molecule has 0 aliphatic carbocycles. The van der Waals surface area contributed by atoms with Crippen molar-refractivity contribution in [3.8, 4) is 5.75 Å². The Morgan fingerprint density at radius 2 is 2.11 bits per heavy atom. The summed E-state index contributed by atoms with van der Waals surface area (Å²) in [6.07, 6.45) is 1.68. The lowest BCUT2D eigenvalue weighted by Gasteiger charge is -2.08. The second-order valence-electron chi connectivity index (χ2n) is 3.95. The maximum Gasteiger partial charge on any atom is 0.252 e. The van der Waals surface area contributed by atoms with Gasteiger partial charge in [-0.25, -0.2) is 0 Å². The second kappa shape index (κ2) is 5.31. The third kappa shape index (κ3) is 2.66. The Hall–Kier alpha value is -2.36. The smallest absolute Gasteiger partial charge is 0.252 e. The number of amides is 1. The molecule has 18 heavy (non-hydrogen) atoms. The van der Waals surface area contributed by atoms with E-state index in [4.69, 9.17) is 0 Å². The van der Waals surface area contributed by atoms with Gasteiger partial charge in [0.25, 0.3) is 5.91 Å². The van der Waals surface area contributed by atoms with Crippen molar-refractivity contribution >= 4 is 5.91 Å². The fourth-order valence-electron chi connectivity index (χ4n) is 1.64. The molecule has 1 heterocycles. The van der Waals surface area contributed by atoms with E-state index in [1.807, 2.05) is 18.2 Å². The van der Waals surface area contributed by atoms with Gasteiger partial charge in [-0.2, -0.15) is 0 Å². The average molecular weight is 242 g/mol. The van der Waals surface area contributed by atoms with Crippen LogP contribution < -0.4 is 5.32 Å². The van der Waals surface area contributed by atoms with Gasteiger partial charge < -0.3 is 10.4 Å². The van der Waals surface area contributed by atoms with Gasteiger partial charge in [-0.15, -0.1) is 0 Å². The van der Waals surface area contributed by atoms with Crippen molar-refractivity contribution in [3.63, 3.8) is 0 Å². The number of benzene rings is 1. The van der Waals surface area contributed by atoms with Crippen molar-refractivity contribution in [2.24, 2.45) is 0 Å². The first-order chi connectivity index (χ1) is 8.68. The molecule has 4 nitrogen and oxygen atoms in total. The minimum absolute atomic E-state index is 0.125. The molecule has 4 heteroatoms. The van der Waals surface area contributed by atoms with E-state index in [0.717, 1.165) is 5.69 Å². The van der Waals surface area contributed by atoms with E-state index in [9.17, 15) is 9.90 Å². The Morgan fingerprint density at radius 3 is 2.83 bits per heavy atom. The fraction of sp³-hybridized carbons (Fsp3) is 0.143. The summed E-state index contributed by atoms with van der Waals surface area (Å²) >= 11 is 0. The van der Waals surface area contributed by atoms with Gasteiger partial charge in [0, 0.05) is 17.3 Å². The van der Waals surface area contributed by atoms with E-state index in [1.165, 1.54) is 0 Å². The Balaban J connectivity index is 2.07. The molecular weight excluding hydrogens is 228 g/mol. The first-order valence-electron chi connectivity index (χ1n) is 5.65. The maximum atomic E-state index is 11.9. The number of phenols is 1. The monoisotopic (exact) mass is 242 g/mol. The van der Waals surface area contributed by atoms with Gasteiger partial charge in [0.2, 0.25) is 0 Å². The topological polar surface area (TPSA) is 62.2 Å². The van der Waals surface area contributed by atoms with Crippen LogP contribution in [0.1, 0.15) is 21.6 Å². The van der Waals surface area contributed by atoms with Gasteiger partial charge in [0.15, 0.2) is 0 Å². The van der Waals surface area contributed by atoms with E-state index in [0.29, 0.717) is 17.7 Å². The minimum Gasteiger partial charge on any atom is -0.508 e. The van der Waals surface area contributed by atoms with Crippen LogP contribution >= 0.6 is 0 Å². The summed E-state index contributed by atoms with van der Waals surface area (Å²) in [5.74, 6) is -0.0884. The van der Waals surface area contributed by atoms with E-state index in [2.05, 4.69) is 10.3 Å². The van der Waals surface area contributed by atoms with Gasteiger partial charge in [-0.3, -0.25) is 9.78 Å². The summed E-state index contributed by atoms with van der Waals surface area (Å²) in [7, 11) is 0. The molecule has 92 valence electrons. The fourth-order valence-corrected chi connectivity index (χ4v) is 1.64. The lowest BCUT2D eigenvalue weighted by Crippen LogP contribution is -2.24. The molecule has 0 radical (unpaired) electrons. The lowest BCUT2D eigenvalue weighted by atomic mass is 10.1. The van der Waals surface area contributed by atoms with Gasteiger partial charge in [0.05, 0.1) is 12.2 Å². The molecule has 1 aromatic carbocycles. The number of pyridine rings is 1. The van der Waals surface area contributed by atoms with Gasteiger partial charge in [-0.1, -0.05) is 12.1 Å². The van der Waals surface area contributed by atoms with Gasteiger partial charge >= 0.3 is 0 Å². The highest BCUT2D eigenvalue weighted by Crippen LogP contribution is 2.19. The molecule has 2 N–H and O–H groups in total. The van der Waals surface area contributed by atoms with Crippen molar-refractivity contribution in [1.29, 1.82) is 0 Å². The predicted molar refractivity (Wildman–Crippen MR) is 68.3 cm³/mol. The van der Waals surface area contributed by atoms with E-state index >= 15 is 0 Å². The molecule has 2 aromatic rings. The number of carbonyl (C=O) groups excluding carboxylic acids is 1. The largest absolute Gasteiger partial charge is 0.508 e. The van der Waals surface area contributed by atoms with Crippen molar-refractivity contribution in [3.05, 3.63) is 59.4 Å². The van der Waals surface area contributed by atoms with Crippen molar-refractivity contribution in [2.45, 2.75) is 13.5 Å². The SMILES string of the molecule is Cc1c(O)cccc1C(=O)NCc1ccccn1. The Bertz CT molecular complexity index is 553. The molecule has 0 aliphatic rings. The van der Waals surface area contributed by atoms with Crippen LogP contribution in [0.15, 0.2) is 42.6 Å². The number of hydrogen-bond donors (Lipinski definition) is 2. The highest BCUT2D eigenvalue weighted by Gasteiger charge is 2.10. The van der Waals surface area contributed by atoms with E-state index in [-0.39, 0.29) is 11.7 Å². The molecule has 0 saturated carbocycles. The summed E-state index contributed by atoms with van der Waals surface area (Å²) in [5, 5.41) is 12.3. The van der Waals surface area contributed by atoms with Gasteiger partial charge in [0.1, 0.15) is 5.75 Å². The van der Waals surface area contributed by atoms with Crippen LogP contribution in [0, 0.1) is 6.92 Å². The Kier molecular flexibility index (Phi) is 3.57. The Morgan fingerprint density at radius 1 is 1.28 bits per heavy atom. The number of aromatic nitrogens is 1. The Labute approximate surface area is 105 Å². The van der Waals surface area contributed by atoms with Crippen LogP contribution in [0.3, 0.4) is 0 Å². The highest BCUT2D eigenvalue weighted by atomic mass is 16.3. The van der Waals surface area contributed by atoms with Crippen LogP contribution in [0.5, 0.6) is 5.75 Å². The number of nitrogens with zero attached hydrogens (tertiary/aromatic N) is 1. The molecule has 2 rings (SSSR count). The normalized spacial score (nSPS) is 10.1. The van der Waals surface area contributed by atoms with Crippen LogP contribution in [-0.4, -0.2) is 16.0 Å². The number of nitrogens with one attached hydrogen (secondary N) is 1. The summed E-state index contributed by atoms with van der Waals surface area (Å²) in [5.41, 5.74) is 1.85. The van der Waals surface area contributed by atoms with Crippen molar-refractivity contribution in [2.75, 3.05) is 0 Å². The number of carbonyl (C=O) groups is 1. The summed E-state index contributed by atoms with van der Waals surface area (Å²) < 4.78 is 0. The zero-order chi connectivity index (χ0) is 13.0. The molecule has 0 atom stereocenters. The highest BCUT2D eigenvalue weighted by molar-refractivity contribution is 5.96. The molecule has 1 amide bonds. The summed E-state index contributed by atoms with van der Waals surface area (Å²) in [6.45, 7) is 2.08. The lowest BCUT2D eigenvalue weighted by molar-refractivity contribution is 0.0949. The number of phenolic OH excluding ortho intramolecular Hbond substituents is 1. The molecule has 0 saturated heterocycles. The predicted octanol–water partition coefficient (Wildman–Crippen LogP) is 2.03. The van der Waals surface area contributed by atoms with Crippen LogP contribution in [0.4, 0.5) is 0 Å².